The highest BCUT2D eigenvalue weighted by atomic mass is 35.5. The van der Waals surface area contributed by atoms with E-state index in [1.807, 2.05) is 11.8 Å². The molecule has 0 aliphatic carbocycles. The van der Waals surface area contributed by atoms with Gasteiger partial charge in [0.1, 0.15) is 5.78 Å². The van der Waals surface area contributed by atoms with Crippen molar-refractivity contribution in [1.29, 1.82) is 0 Å². The Morgan fingerprint density at radius 3 is 2.84 bits per heavy atom. The molecule has 1 aromatic rings. The lowest BCUT2D eigenvalue weighted by atomic mass is 10.1. The number of benzene rings is 1. The Morgan fingerprint density at radius 1 is 1.42 bits per heavy atom. The Hall–Kier alpha value is -1.35. The van der Waals surface area contributed by atoms with Crippen molar-refractivity contribution in [2.45, 2.75) is 39.2 Å². The Kier molecular flexibility index (Phi) is 4.25. The normalized spacial score (nSPS) is 18.7. The number of ketones is 1. The number of rotatable bonds is 3. The third kappa shape index (κ3) is 2.98. The van der Waals surface area contributed by atoms with Crippen LogP contribution < -0.4 is 0 Å². The summed E-state index contributed by atoms with van der Waals surface area (Å²) in [7, 11) is 0. The highest BCUT2D eigenvalue weighted by Crippen LogP contribution is 2.26. The number of likely N-dealkylation sites (tertiary alicyclic amines) is 1. The third-order valence-corrected chi connectivity index (χ3v) is 4.07. The average molecular weight is 280 g/mol. The van der Waals surface area contributed by atoms with Crippen LogP contribution in [0.5, 0.6) is 0 Å². The molecule has 1 fully saturated rings. The van der Waals surface area contributed by atoms with E-state index in [4.69, 9.17) is 11.6 Å². The van der Waals surface area contributed by atoms with E-state index in [-0.39, 0.29) is 17.7 Å². The van der Waals surface area contributed by atoms with Crippen molar-refractivity contribution in [3.63, 3.8) is 0 Å². The van der Waals surface area contributed by atoms with Crippen LogP contribution in [0.1, 0.15) is 42.1 Å². The largest absolute Gasteiger partial charge is 0.335 e. The van der Waals surface area contributed by atoms with Crippen molar-refractivity contribution in [2.75, 3.05) is 6.54 Å². The lowest BCUT2D eigenvalue weighted by molar-refractivity contribution is -0.117. The fourth-order valence-corrected chi connectivity index (χ4v) is 2.82. The number of hydrogen-bond acceptors (Lipinski definition) is 2. The summed E-state index contributed by atoms with van der Waals surface area (Å²) in [5.74, 6) is 0.122. The molecule has 1 aliphatic heterocycles. The minimum atomic E-state index is -0.0104. The number of hydrogen-bond donors (Lipinski definition) is 0. The minimum Gasteiger partial charge on any atom is -0.335 e. The van der Waals surface area contributed by atoms with Crippen LogP contribution in [0.4, 0.5) is 0 Å². The molecule has 0 bridgehead atoms. The number of nitrogens with zero attached hydrogens (tertiary/aromatic N) is 1. The fraction of sp³-hybridized carbons (Fsp3) is 0.467. The number of carbonyl (C=O) groups excluding carboxylic acids is 2. The average Bonchev–Trinajstić information content (AvgIpc) is 2.79. The third-order valence-electron chi connectivity index (χ3n) is 3.66. The van der Waals surface area contributed by atoms with Crippen molar-refractivity contribution >= 4 is 23.3 Å². The van der Waals surface area contributed by atoms with Gasteiger partial charge in [-0.1, -0.05) is 17.7 Å². The summed E-state index contributed by atoms with van der Waals surface area (Å²) < 4.78 is 0. The zero-order valence-corrected chi connectivity index (χ0v) is 12.0. The molecule has 4 heteroatoms. The van der Waals surface area contributed by atoms with Crippen LogP contribution in [0.3, 0.4) is 0 Å². The van der Waals surface area contributed by atoms with Gasteiger partial charge in [-0.3, -0.25) is 9.59 Å². The van der Waals surface area contributed by atoms with Crippen molar-refractivity contribution < 1.29 is 9.59 Å². The van der Waals surface area contributed by atoms with E-state index >= 15 is 0 Å². The van der Waals surface area contributed by atoms with Gasteiger partial charge in [0.15, 0.2) is 0 Å². The van der Waals surface area contributed by atoms with Crippen LogP contribution in [-0.4, -0.2) is 29.2 Å². The second kappa shape index (κ2) is 5.74. The number of halogens is 1. The smallest absolute Gasteiger partial charge is 0.254 e. The first-order chi connectivity index (χ1) is 9.00. The van der Waals surface area contributed by atoms with Crippen LogP contribution in [-0.2, 0) is 4.79 Å². The van der Waals surface area contributed by atoms with E-state index in [0.29, 0.717) is 17.0 Å². The molecule has 1 heterocycles. The maximum Gasteiger partial charge on any atom is 0.254 e. The predicted molar refractivity (Wildman–Crippen MR) is 75.5 cm³/mol. The first kappa shape index (κ1) is 14.1. The van der Waals surface area contributed by atoms with Gasteiger partial charge in [0.25, 0.3) is 5.91 Å². The molecule has 0 N–H and O–H groups in total. The summed E-state index contributed by atoms with van der Waals surface area (Å²) >= 11 is 6.06. The van der Waals surface area contributed by atoms with Crippen molar-refractivity contribution in [1.82, 2.24) is 4.90 Å². The molecule has 2 rings (SSSR count). The number of amides is 1. The molecule has 1 aliphatic rings. The highest BCUT2D eigenvalue weighted by Gasteiger charge is 2.30. The maximum absolute atomic E-state index is 12.6. The number of carbonyl (C=O) groups is 2. The van der Waals surface area contributed by atoms with E-state index in [0.717, 1.165) is 24.9 Å². The van der Waals surface area contributed by atoms with Gasteiger partial charge in [-0.05, 0) is 44.4 Å². The molecule has 1 amide bonds. The zero-order chi connectivity index (χ0) is 14.0. The van der Waals surface area contributed by atoms with Crippen LogP contribution in [0.15, 0.2) is 18.2 Å². The highest BCUT2D eigenvalue weighted by molar-refractivity contribution is 6.31. The van der Waals surface area contributed by atoms with E-state index in [2.05, 4.69) is 0 Å². The second-order valence-corrected chi connectivity index (χ2v) is 5.52. The molecule has 19 heavy (non-hydrogen) atoms. The van der Waals surface area contributed by atoms with E-state index in [1.54, 1.807) is 25.1 Å². The van der Waals surface area contributed by atoms with Crippen molar-refractivity contribution in [3.8, 4) is 0 Å². The SMILES string of the molecule is CC(=O)CC1CCCN1C(=O)c1cccc(Cl)c1C. The van der Waals surface area contributed by atoms with Crippen LogP contribution >= 0.6 is 11.6 Å². The predicted octanol–water partition coefficient (Wildman–Crippen LogP) is 3.23. The molecule has 0 aromatic heterocycles. The molecule has 0 spiro atoms. The lowest BCUT2D eigenvalue weighted by Gasteiger charge is -2.24. The Bertz CT molecular complexity index is 513. The van der Waals surface area contributed by atoms with Crippen molar-refractivity contribution in [3.05, 3.63) is 34.3 Å². The van der Waals surface area contributed by atoms with Gasteiger partial charge in [-0.15, -0.1) is 0 Å². The quantitative estimate of drug-likeness (QED) is 0.852. The minimum absolute atomic E-state index is 0.0104. The first-order valence-corrected chi connectivity index (χ1v) is 6.94. The molecular formula is C15H18ClNO2. The molecule has 3 nitrogen and oxygen atoms in total. The van der Waals surface area contributed by atoms with Crippen LogP contribution in [0, 0.1) is 6.92 Å². The van der Waals surface area contributed by atoms with Gasteiger partial charge in [0.05, 0.1) is 0 Å². The fourth-order valence-electron chi connectivity index (χ4n) is 2.64. The summed E-state index contributed by atoms with van der Waals surface area (Å²) in [5, 5.41) is 0.605. The standard InChI is InChI=1S/C15H18ClNO2/c1-10(18)9-12-5-4-8-17(12)15(19)13-6-3-7-14(16)11(13)2/h3,6-7,12H,4-5,8-9H2,1-2H3. The molecule has 1 saturated heterocycles. The topological polar surface area (TPSA) is 37.4 Å². The Morgan fingerprint density at radius 2 is 2.16 bits per heavy atom. The van der Waals surface area contributed by atoms with Gasteiger partial charge in [-0.25, -0.2) is 0 Å². The molecule has 1 unspecified atom stereocenters. The monoisotopic (exact) mass is 279 g/mol. The summed E-state index contributed by atoms with van der Waals surface area (Å²) in [6.45, 7) is 4.15. The van der Waals surface area contributed by atoms with Gasteiger partial charge in [0, 0.05) is 29.6 Å². The Balaban J connectivity index is 2.23. The summed E-state index contributed by atoms with van der Waals surface area (Å²) in [6.07, 6.45) is 2.32. The first-order valence-electron chi connectivity index (χ1n) is 6.56. The van der Waals surface area contributed by atoms with E-state index in [9.17, 15) is 9.59 Å². The van der Waals surface area contributed by atoms with E-state index < -0.39 is 0 Å². The zero-order valence-electron chi connectivity index (χ0n) is 11.3. The molecular weight excluding hydrogens is 262 g/mol. The summed E-state index contributed by atoms with van der Waals surface area (Å²) in [5.41, 5.74) is 1.45. The Labute approximate surface area is 118 Å². The molecule has 0 radical (unpaired) electrons. The van der Waals surface area contributed by atoms with Crippen molar-refractivity contribution in [2.24, 2.45) is 0 Å². The van der Waals surface area contributed by atoms with E-state index in [1.165, 1.54) is 0 Å². The van der Waals surface area contributed by atoms with Gasteiger partial charge in [0.2, 0.25) is 0 Å². The second-order valence-electron chi connectivity index (χ2n) is 5.11. The molecule has 102 valence electrons. The van der Waals surface area contributed by atoms with Gasteiger partial charge < -0.3 is 4.90 Å². The summed E-state index contributed by atoms with van der Waals surface area (Å²) in [4.78, 5) is 25.7. The maximum atomic E-state index is 12.6. The number of Topliss-reactive ketones (excluding diaryl/α,β-unsaturated/α-hetero) is 1. The van der Waals surface area contributed by atoms with Gasteiger partial charge >= 0.3 is 0 Å². The lowest BCUT2D eigenvalue weighted by Crippen LogP contribution is -2.36. The molecule has 1 aromatic carbocycles. The molecule has 0 saturated carbocycles. The van der Waals surface area contributed by atoms with Gasteiger partial charge in [-0.2, -0.15) is 0 Å². The molecule has 1 atom stereocenters. The van der Waals surface area contributed by atoms with Crippen LogP contribution in [0.2, 0.25) is 5.02 Å². The van der Waals surface area contributed by atoms with Crippen LogP contribution in [0.25, 0.3) is 0 Å². The summed E-state index contributed by atoms with van der Waals surface area (Å²) in [6, 6.07) is 5.42.